The zero-order valence-electron chi connectivity index (χ0n) is 13.1. The fourth-order valence-electron chi connectivity index (χ4n) is 2.76. The Kier molecular flexibility index (Phi) is 4.17. The van der Waals surface area contributed by atoms with Crippen molar-refractivity contribution < 1.29 is 29.2 Å². The predicted octanol–water partition coefficient (Wildman–Crippen LogP) is -1.07. The van der Waals surface area contributed by atoms with Crippen LogP contribution in [0.3, 0.4) is 0 Å². The summed E-state index contributed by atoms with van der Waals surface area (Å²) in [6.45, 7) is -0.408. The number of nitrogen functional groups attached to an aromatic ring is 1. The minimum atomic E-state index is -1.93. The fraction of sp³-hybridized carbons (Fsp3) is 0.429. The Bertz CT molecular complexity index is 848. The Hall–Kier alpha value is -2.94. The number of aromatic nitrogens is 3. The zero-order valence-corrected chi connectivity index (χ0v) is 13.1. The van der Waals surface area contributed by atoms with Gasteiger partial charge in [0.15, 0.2) is 5.82 Å². The molecule has 1 aliphatic rings. The molecule has 0 amide bonds. The summed E-state index contributed by atoms with van der Waals surface area (Å²) in [5, 5.41) is 34.3. The average Bonchev–Trinajstić information content (AvgIpc) is 3.16. The molecule has 0 radical (unpaired) electrons. The van der Waals surface area contributed by atoms with E-state index in [1.54, 1.807) is 6.07 Å². The Balaban J connectivity index is 1.98. The molecule has 1 fully saturated rings. The van der Waals surface area contributed by atoms with Gasteiger partial charge in [0.25, 0.3) is 0 Å². The number of methoxy groups -OCH3 is 1. The minimum absolute atomic E-state index is 0.159. The second-order valence-electron chi connectivity index (χ2n) is 5.37. The van der Waals surface area contributed by atoms with E-state index in [9.17, 15) is 20.3 Å². The molecule has 25 heavy (non-hydrogen) atoms. The van der Waals surface area contributed by atoms with E-state index in [0.717, 1.165) is 7.11 Å². The topological polar surface area (TPSA) is 165 Å². The summed E-state index contributed by atoms with van der Waals surface area (Å²) in [4.78, 5) is 14.9. The minimum Gasteiger partial charge on any atom is -0.438 e. The molecule has 11 heteroatoms. The van der Waals surface area contributed by atoms with Crippen LogP contribution in [0, 0.1) is 11.3 Å². The number of fused-ring (bicyclic) bond motifs is 1. The molecule has 1 aliphatic heterocycles. The van der Waals surface area contributed by atoms with Crippen LogP contribution in [0.4, 0.5) is 10.6 Å². The lowest BCUT2D eigenvalue weighted by atomic mass is 9.92. The molecule has 0 saturated carbocycles. The third-order valence-corrected chi connectivity index (χ3v) is 4.02. The zero-order chi connectivity index (χ0) is 18.2. The molecule has 4 N–H and O–H groups in total. The summed E-state index contributed by atoms with van der Waals surface area (Å²) in [7, 11) is 1.12. The van der Waals surface area contributed by atoms with Crippen LogP contribution in [0.15, 0.2) is 18.5 Å². The van der Waals surface area contributed by atoms with Crippen molar-refractivity contribution in [3.05, 3.63) is 24.2 Å². The molecule has 132 valence electrons. The van der Waals surface area contributed by atoms with Crippen molar-refractivity contribution in [3.63, 3.8) is 0 Å². The van der Waals surface area contributed by atoms with Crippen molar-refractivity contribution in [2.45, 2.75) is 23.9 Å². The molecular formula is C14H15N5O6. The number of nitrogens with zero attached hydrogens (tertiary/aromatic N) is 4. The van der Waals surface area contributed by atoms with Gasteiger partial charge < -0.3 is 30.2 Å². The van der Waals surface area contributed by atoms with Crippen LogP contribution in [0.5, 0.6) is 0 Å². The molecule has 0 unspecified atom stereocenters. The van der Waals surface area contributed by atoms with Gasteiger partial charge in [0, 0.05) is 0 Å². The van der Waals surface area contributed by atoms with Crippen LogP contribution in [-0.4, -0.2) is 63.0 Å². The maximum Gasteiger partial charge on any atom is 0.508 e. The van der Waals surface area contributed by atoms with E-state index in [2.05, 4.69) is 14.8 Å². The van der Waals surface area contributed by atoms with Gasteiger partial charge in [0.2, 0.25) is 5.60 Å². The van der Waals surface area contributed by atoms with Gasteiger partial charge in [-0.2, -0.15) is 10.4 Å². The molecular weight excluding hydrogens is 334 g/mol. The second-order valence-corrected chi connectivity index (χ2v) is 5.37. The van der Waals surface area contributed by atoms with Crippen LogP contribution in [0.1, 0.15) is 5.69 Å². The maximum atomic E-state index is 11.1. The lowest BCUT2D eigenvalue weighted by Gasteiger charge is -2.24. The molecule has 0 aliphatic carbocycles. The summed E-state index contributed by atoms with van der Waals surface area (Å²) in [5.74, 6) is 0.174. The van der Waals surface area contributed by atoms with Gasteiger partial charge in [0.05, 0.1) is 12.8 Å². The number of hydrogen-bond donors (Lipinski definition) is 3. The molecule has 2 aromatic heterocycles. The SMILES string of the molecule is COC(=O)OC[C@H]1O[C@@](C#N)(c2ccc3c(N)ncnn23)[C@H](O)[C@@H]1O. The number of aliphatic hydroxyl groups is 2. The molecule has 0 bridgehead atoms. The van der Waals surface area contributed by atoms with Gasteiger partial charge >= 0.3 is 6.16 Å². The first kappa shape index (κ1) is 16.9. The van der Waals surface area contributed by atoms with E-state index in [1.807, 2.05) is 6.07 Å². The number of nitrogens with two attached hydrogens (primary N) is 1. The molecule has 4 atom stereocenters. The molecule has 0 aromatic carbocycles. The number of ether oxygens (including phenoxy) is 3. The highest BCUT2D eigenvalue weighted by Gasteiger charge is 2.57. The normalized spacial score (nSPS) is 28.6. The molecule has 2 aromatic rings. The van der Waals surface area contributed by atoms with Crippen molar-refractivity contribution in [3.8, 4) is 6.07 Å². The quantitative estimate of drug-likeness (QED) is 0.581. The van der Waals surface area contributed by atoms with Gasteiger partial charge in [-0.05, 0) is 12.1 Å². The first-order chi connectivity index (χ1) is 11.9. The predicted molar refractivity (Wildman–Crippen MR) is 79.9 cm³/mol. The van der Waals surface area contributed by atoms with Crippen molar-refractivity contribution in [2.24, 2.45) is 0 Å². The smallest absolute Gasteiger partial charge is 0.438 e. The van der Waals surface area contributed by atoms with Crippen molar-refractivity contribution in [1.82, 2.24) is 14.6 Å². The van der Waals surface area contributed by atoms with Crippen LogP contribution in [0.2, 0.25) is 0 Å². The number of aliphatic hydroxyl groups excluding tert-OH is 2. The molecule has 11 nitrogen and oxygen atoms in total. The van der Waals surface area contributed by atoms with Crippen LogP contribution in [-0.2, 0) is 19.8 Å². The van der Waals surface area contributed by atoms with E-state index in [4.69, 9.17) is 15.2 Å². The van der Waals surface area contributed by atoms with Gasteiger partial charge in [-0.3, -0.25) is 0 Å². The van der Waals surface area contributed by atoms with E-state index in [0.29, 0.717) is 5.52 Å². The summed E-state index contributed by atoms with van der Waals surface area (Å²) in [5.41, 5.74) is 4.39. The first-order valence-electron chi connectivity index (χ1n) is 7.19. The number of rotatable bonds is 3. The van der Waals surface area contributed by atoms with Gasteiger partial charge in [-0.25, -0.2) is 14.3 Å². The van der Waals surface area contributed by atoms with E-state index >= 15 is 0 Å². The number of hydrogen-bond acceptors (Lipinski definition) is 10. The summed E-state index contributed by atoms with van der Waals surface area (Å²) >= 11 is 0. The summed E-state index contributed by atoms with van der Waals surface area (Å²) < 4.78 is 16.0. The van der Waals surface area contributed by atoms with E-state index in [1.165, 1.54) is 16.9 Å². The number of carbonyl (C=O) groups excluding carboxylic acids is 1. The largest absolute Gasteiger partial charge is 0.508 e. The molecule has 0 spiro atoms. The van der Waals surface area contributed by atoms with E-state index < -0.39 is 36.7 Å². The molecule has 3 heterocycles. The third-order valence-electron chi connectivity index (χ3n) is 4.02. The number of carbonyl (C=O) groups is 1. The number of anilines is 1. The van der Waals surface area contributed by atoms with Crippen molar-refractivity contribution in [1.29, 1.82) is 5.26 Å². The van der Waals surface area contributed by atoms with Gasteiger partial charge in [-0.15, -0.1) is 0 Å². The Morgan fingerprint density at radius 1 is 1.56 bits per heavy atom. The highest BCUT2D eigenvalue weighted by atomic mass is 16.7. The second kappa shape index (κ2) is 6.17. The Morgan fingerprint density at radius 3 is 3.00 bits per heavy atom. The van der Waals surface area contributed by atoms with Gasteiger partial charge in [-0.1, -0.05) is 0 Å². The third kappa shape index (κ3) is 2.52. The monoisotopic (exact) mass is 349 g/mol. The molecule has 1 saturated heterocycles. The van der Waals surface area contributed by atoms with Crippen molar-refractivity contribution in [2.75, 3.05) is 19.5 Å². The first-order valence-corrected chi connectivity index (χ1v) is 7.19. The summed E-state index contributed by atoms with van der Waals surface area (Å²) in [6.07, 6.45) is -4.02. The standard InChI is InChI=1S/C14H15N5O6/c1-23-13(22)24-4-8-10(20)11(21)14(5-15,25-8)9-3-2-7-12(16)17-6-18-19(7)9/h2-3,6,8,10-11,20-21H,4H2,1H3,(H2,16,17,18)/t8-,10-,11-,14+/m1/s1. The Labute approximate surface area is 141 Å². The van der Waals surface area contributed by atoms with Crippen LogP contribution < -0.4 is 5.73 Å². The molecule has 3 rings (SSSR count). The fourth-order valence-corrected chi connectivity index (χ4v) is 2.76. The summed E-state index contributed by atoms with van der Waals surface area (Å²) in [6, 6.07) is 4.93. The maximum absolute atomic E-state index is 11.1. The van der Waals surface area contributed by atoms with Crippen LogP contribution >= 0.6 is 0 Å². The Morgan fingerprint density at radius 2 is 2.32 bits per heavy atom. The highest BCUT2D eigenvalue weighted by Crippen LogP contribution is 2.40. The van der Waals surface area contributed by atoms with Crippen LogP contribution in [0.25, 0.3) is 5.52 Å². The highest BCUT2D eigenvalue weighted by molar-refractivity contribution is 5.66. The average molecular weight is 349 g/mol. The van der Waals surface area contributed by atoms with Gasteiger partial charge in [0.1, 0.15) is 42.8 Å². The lowest BCUT2D eigenvalue weighted by molar-refractivity contribution is -0.0707. The van der Waals surface area contributed by atoms with E-state index in [-0.39, 0.29) is 11.5 Å². The number of nitriles is 1. The lowest BCUT2D eigenvalue weighted by Crippen LogP contribution is -2.41. The van der Waals surface area contributed by atoms with Crippen molar-refractivity contribution >= 4 is 17.5 Å².